The average Bonchev–Trinajstić information content (AvgIpc) is 2.90. The van der Waals surface area contributed by atoms with Gasteiger partial charge in [-0.25, -0.2) is 4.98 Å². The number of hydrogen-bond acceptors (Lipinski definition) is 3. The minimum absolute atomic E-state index is 0.241. The van der Waals surface area contributed by atoms with Gasteiger partial charge in [0.1, 0.15) is 0 Å². The van der Waals surface area contributed by atoms with Gasteiger partial charge in [-0.3, -0.25) is 4.79 Å². The minimum Gasteiger partial charge on any atom is -0.338 e. The average molecular weight is 286 g/mol. The summed E-state index contributed by atoms with van der Waals surface area (Å²) in [6.45, 7) is 3.59. The third kappa shape index (κ3) is 2.90. The Labute approximate surface area is 123 Å². The van der Waals surface area contributed by atoms with Gasteiger partial charge in [0.25, 0.3) is 0 Å². The third-order valence-corrected chi connectivity index (χ3v) is 4.57. The molecule has 3 nitrogen and oxygen atoms in total. The fourth-order valence-electron chi connectivity index (χ4n) is 2.62. The number of benzene rings is 1. The lowest BCUT2D eigenvalue weighted by Crippen LogP contribution is -2.36. The van der Waals surface area contributed by atoms with Gasteiger partial charge in [0, 0.05) is 24.9 Å². The van der Waals surface area contributed by atoms with Crippen molar-refractivity contribution in [2.75, 3.05) is 6.54 Å². The van der Waals surface area contributed by atoms with Crippen LogP contribution < -0.4 is 0 Å². The lowest BCUT2D eigenvalue weighted by molar-refractivity contribution is -0.132. The Hall–Kier alpha value is -1.68. The van der Waals surface area contributed by atoms with Crippen molar-refractivity contribution < 1.29 is 4.79 Å². The molecule has 0 fully saturated rings. The monoisotopic (exact) mass is 286 g/mol. The molecule has 0 saturated heterocycles. The van der Waals surface area contributed by atoms with Crippen LogP contribution in [0.3, 0.4) is 0 Å². The molecule has 0 aliphatic carbocycles. The molecule has 3 rings (SSSR count). The molecule has 20 heavy (non-hydrogen) atoms. The van der Waals surface area contributed by atoms with Gasteiger partial charge >= 0.3 is 0 Å². The molecule has 0 atom stereocenters. The maximum Gasteiger partial charge on any atom is 0.223 e. The van der Waals surface area contributed by atoms with Crippen LogP contribution in [0.4, 0.5) is 0 Å². The molecule has 0 radical (unpaired) electrons. The first-order valence-corrected chi connectivity index (χ1v) is 7.86. The summed E-state index contributed by atoms with van der Waals surface area (Å²) in [5.74, 6) is 0.241. The molecule has 2 aromatic rings. The summed E-state index contributed by atoms with van der Waals surface area (Å²) in [5, 5.41) is 3.12. The van der Waals surface area contributed by atoms with E-state index in [1.165, 1.54) is 11.1 Å². The van der Waals surface area contributed by atoms with Crippen molar-refractivity contribution in [1.82, 2.24) is 9.88 Å². The number of amides is 1. The highest BCUT2D eigenvalue weighted by molar-refractivity contribution is 7.09. The number of carbonyl (C=O) groups is 1. The van der Waals surface area contributed by atoms with Crippen molar-refractivity contribution in [3.05, 3.63) is 51.5 Å². The number of nitrogens with zero attached hydrogens (tertiary/aromatic N) is 2. The molecule has 0 spiro atoms. The second-order valence-corrected chi connectivity index (χ2v) is 6.25. The smallest absolute Gasteiger partial charge is 0.223 e. The van der Waals surface area contributed by atoms with E-state index in [0.29, 0.717) is 6.42 Å². The maximum atomic E-state index is 12.3. The molecule has 1 aliphatic heterocycles. The standard InChI is InChI=1S/C16H18N2OS/c1-12-17-15(11-20-12)6-7-16(19)18-9-8-13-4-2-3-5-14(13)10-18/h2-5,11H,6-10H2,1H3. The van der Waals surface area contributed by atoms with Crippen LogP contribution in [0.5, 0.6) is 0 Å². The molecule has 4 heteroatoms. The summed E-state index contributed by atoms with van der Waals surface area (Å²) in [7, 11) is 0. The van der Waals surface area contributed by atoms with Crippen LogP contribution in [-0.2, 0) is 24.2 Å². The van der Waals surface area contributed by atoms with Gasteiger partial charge in [-0.05, 0) is 30.9 Å². The van der Waals surface area contributed by atoms with Crippen molar-refractivity contribution in [3.8, 4) is 0 Å². The van der Waals surface area contributed by atoms with Crippen molar-refractivity contribution in [3.63, 3.8) is 0 Å². The van der Waals surface area contributed by atoms with Crippen LogP contribution in [0.15, 0.2) is 29.6 Å². The van der Waals surface area contributed by atoms with Crippen LogP contribution in [0, 0.1) is 6.92 Å². The Kier molecular flexibility index (Phi) is 3.83. The van der Waals surface area contributed by atoms with E-state index in [-0.39, 0.29) is 5.91 Å². The molecule has 1 aromatic carbocycles. The van der Waals surface area contributed by atoms with Crippen LogP contribution in [0.1, 0.15) is 28.2 Å². The van der Waals surface area contributed by atoms with E-state index in [1.807, 2.05) is 23.3 Å². The minimum atomic E-state index is 0.241. The Bertz CT molecular complexity index is 620. The molecule has 1 aliphatic rings. The van der Waals surface area contributed by atoms with E-state index in [9.17, 15) is 4.79 Å². The van der Waals surface area contributed by atoms with E-state index in [0.717, 1.165) is 36.6 Å². The van der Waals surface area contributed by atoms with Gasteiger partial charge in [-0.2, -0.15) is 0 Å². The number of carbonyl (C=O) groups excluding carboxylic acids is 1. The molecule has 0 bridgehead atoms. The van der Waals surface area contributed by atoms with Gasteiger partial charge in [0.2, 0.25) is 5.91 Å². The van der Waals surface area contributed by atoms with Crippen molar-refractivity contribution in [2.45, 2.75) is 32.7 Å². The molecule has 0 saturated carbocycles. The highest BCUT2D eigenvalue weighted by Gasteiger charge is 2.20. The molecule has 0 unspecified atom stereocenters. The van der Waals surface area contributed by atoms with Gasteiger partial charge in [0.15, 0.2) is 0 Å². The lowest BCUT2D eigenvalue weighted by Gasteiger charge is -2.28. The zero-order valence-corrected chi connectivity index (χ0v) is 12.4. The quantitative estimate of drug-likeness (QED) is 0.869. The molecular formula is C16H18N2OS. The molecule has 1 amide bonds. The zero-order chi connectivity index (χ0) is 13.9. The van der Waals surface area contributed by atoms with E-state index < -0.39 is 0 Å². The SMILES string of the molecule is Cc1nc(CCC(=O)N2CCc3ccccc3C2)cs1. The molecule has 104 valence electrons. The molecule has 0 N–H and O–H groups in total. The second kappa shape index (κ2) is 5.75. The number of thiazole rings is 1. The van der Waals surface area contributed by atoms with Crippen molar-refractivity contribution in [2.24, 2.45) is 0 Å². The first kappa shape index (κ1) is 13.3. The van der Waals surface area contributed by atoms with Gasteiger partial charge < -0.3 is 4.90 Å². The topological polar surface area (TPSA) is 33.2 Å². The van der Waals surface area contributed by atoms with E-state index >= 15 is 0 Å². The summed E-state index contributed by atoms with van der Waals surface area (Å²) in [6, 6.07) is 8.40. The first-order chi connectivity index (χ1) is 9.72. The Morgan fingerprint density at radius 3 is 2.90 bits per heavy atom. The number of aryl methyl sites for hydroxylation is 2. The van der Waals surface area contributed by atoms with E-state index in [4.69, 9.17) is 0 Å². The number of aromatic nitrogens is 1. The largest absolute Gasteiger partial charge is 0.338 e. The van der Waals surface area contributed by atoms with Crippen LogP contribution in [0.25, 0.3) is 0 Å². The Balaban J connectivity index is 1.59. The maximum absolute atomic E-state index is 12.3. The van der Waals surface area contributed by atoms with Crippen LogP contribution >= 0.6 is 11.3 Å². The molecular weight excluding hydrogens is 268 g/mol. The van der Waals surface area contributed by atoms with Crippen LogP contribution in [-0.4, -0.2) is 22.3 Å². The summed E-state index contributed by atoms with van der Waals surface area (Å²) in [5.41, 5.74) is 3.71. The highest BCUT2D eigenvalue weighted by Crippen LogP contribution is 2.19. The summed E-state index contributed by atoms with van der Waals surface area (Å²) < 4.78 is 0. The summed E-state index contributed by atoms with van der Waals surface area (Å²) >= 11 is 1.65. The third-order valence-electron chi connectivity index (χ3n) is 3.74. The second-order valence-electron chi connectivity index (χ2n) is 5.19. The highest BCUT2D eigenvalue weighted by atomic mass is 32.1. The van der Waals surface area contributed by atoms with E-state index in [2.05, 4.69) is 23.2 Å². The van der Waals surface area contributed by atoms with Gasteiger partial charge in [-0.1, -0.05) is 24.3 Å². The van der Waals surface area contributed by atoms with Crippen molar-refractivity contribution >= 4 is 17.2 Å². The molecule has 2 heterocycles. The summed E-state index contributed by atoms with van der Waals surface area (Å²) in [4.78, 5) is 18.7. The fraction of sp³-hybridized carbons (Fsp3) is 0.375. The Morgan fingerprint density at radius 1 is 1.35 bits per heavy atom. The van der Waals surface area contributed by atoms with E-state index in [1.54, 1.807) is 11.3 Å². The predicted octanol–water partition coefficient (Wildman–Crippen LogP) is 2.97. The molecule has 1 aromatic heterocycles. The number of fused-ring (bicyclic) bond motifs is 1. The predicted molar refractivity (Wildman–Crippen MR) is 80.7 cm³/mol. The van der Waals surface area contributed by atoms with Crippen LogP contribution in [0.2, 0.25) is 0 Å². The fourth-order valence-corrected chi connectivity index (χ4v) is 3.27. The Morgan fingerprint density at radius 2 is 2.15 bits per heavy atom. The first-order valence-electron chi connectivity index (χ1n) is 6.98. The van der Waals surface area contributed by atoms with Gasteiger partial charge in [0.05, 0.1) is 10.7 Å². The summed E-state index contributed by atoms with van der Waals surface area (Å²) in [6.07, 6.45) is 2.28. The normalized spacial score (nSPS) is 14.2. The zero-order valence-electron chi connectivity index (χ0n) is 11.6. The lowest BCUT2D eigenvalue weighted by atomic mass is 9.99. The van der Waals surface area contributed by atoms with Gasteiger partial charge in [-0.15, -0.1) is 11.3 Å². The number of hydrogen-bond donors (Lipinski definition) is 0. The van der Waals surface area contributed by atoms with Crippen molar-refractivity contribution in [1.29, 1.82) is 0 Å². The number of rotatable bonds is 3.